The second kappa shape index (κ2) is 1.60. The molecular formula is C8H6N2O2. The predicted molar refractivity (Wildman–Crippen MR) is 39.9 cm³/mol. The van der Waals surface area contributed by atoms with Crippen molar-refractivity contribution in [2.45, 2.75) is 12.5 Å². The van der Waals surface area contributed by atoms with Crippen molar-refractivity contribution in [3.63, 3.8) is 0 Å². The number of nitrogens with zero attached hydrogens (tertiary/aromatic N) is 1. The van der Waals surface area contributed by atoms with Crippen LogP contribution in [0.25, 0.3) is 0 Å². The average Bonchev–Trinajstić information content (AvgIpc) is 2.64. The molecule has 3 rings (SSSR count). The lowest BCUT2D eigenvalue weighted by Crippen LogP contribution is -2.32. The Bertz CT molecular complexity index is 367. The first-order chi connectivity index (χ1) is 5.77. The van der Waals surface area contributed by atoms with Gasteiger partial charge in [-0.05, 0) is 12.0 Å². The van der Waals surface area contributed by atoms with Gasteiger partial charge in [-0.1, -0.05) is 12.2 Å². The number of carbonyl (C=O) groups is 2. The van der Waals surface area contributed by atoms with E-state index >= 15 is 0 Å². The smallest absolute Gasteiger partial charge is 0.281 e. The minimum absolute atomic E-state index is 0.0986. The van der Waals surface area contributed by atoms with E-state index in [4.69, 9.17) is 0 Å². The Labute approximate surface area is 68.5 Å². The number of amides is 3. The van der Waals surface area contributed by atoms with E-state index in [1.807, 2.05) is 12.2 Å². The molecule has 0 radical (unpaired) electrons. The quantitative estimate of drug-likeness (QED) is 0.515. The van der Waals surface area contributed by atoms with Crippen LogP contribution < -0.4 is 5.32 Å². The molecule has 1 aliphatic carbocycles. The number of allylic oxidation sites excluding steroid dienone is 1. The zero-order chi connectivity index (χ0) is 8.29. The van der Waals surface area contributed by atoms with Gasteiger partial charge in [0.1, 0.15) is 5.70 Å². The summed E-state index contributed by atoms with van der Waals surface area (Å²) in [4.78, 5) is 23.9. The Morgan fingerprint density at radius 1 is 1.50 bits per heavy atom. The topological polar surface area (TPSA) is 49.4 Å². The highest BCUT2D eigenvalue weighted by atomic mass is 16.2. The lowest BCUT2D eigenvalue weighted by Gasteiger charge is -2.16. The highest BCUT2D eigenvalue weighted by Crippen LogP contribution is 2.37. The van der Waals surface area contributed by atoms with Gasteiger partial charge in [0.15, 0.2) is 0 Å². The molecule has 4 nitrogen and oxygen atoms in total. The Morgan fingerprint density at radius 2 is 2.33 bits per heavy atom. The van der Waals surface area contributed by atoms with Crippen LogP contribution in [0.5, 0.6) is 0 Å². The lowest BCUT2D eigenvalue weighted by atomic mass is 10.2. The van der Waals surface area contributed by atoms with Gasteiger partial charge in [-0.15, -0.1) is 0 Å². The van der Waals surface area contributed by atoms with Gasteiger partial charge in [0.25, 0.3) is 5.91 Å². The summed E-state index contributed by atoms with van der Waals surface area (Å²) in [6.45, 7) is 0. The number of fused-ring (bicyclic) bond motifs is 4. The summed E-state index contributed by atoms with van der Waals surface area (Å²) < 4.78 is 0. The van der Waals surface area contributed by atoms with Crippen molar-refractivity contribution in [2.24, 2.45) is 0 Å². The Morgan fingerprint density at radius 3 is 3.08 bits per heavy atom. The van der Waals surface area contributed by atoms with Crippen LogP contribution in [0.1, 0.15) is 6.42 Å². The molecule has 2 heterocycles. The number of imide groups is 1. The molecule has 1 unspecified atom stereocenters. The van der Waals surface area contributed by atoms with Crippen molar-refractivity contribution < 1.29 is 9.59 Å². The van der Waals surface area contributed by atoms with Crippen molar-refractivity contribution in [3.8, 4) is 0 Å². The van der Waals surface area contributed by atoms with E-state index in [0.717, 1.165) is 12.0 Å². The maximum absolute atomic E-state index is 11.2. The molecule has 12 heavy (non-hydrogen) atoms. The van der Waals surface area contributed by atoms with Crippen molar-refractivity contribution in [3.05, 3.63) is 23.4 Å². The van der Waals surface area contributed by atoms with E-state index in [9.17, 15) is 9.59 Å². The fourth-order valence-electron chi connectivity index (χ4n) is 1.99. The summed E-state index contributed by atoms with van der Waals surface area (Å²) in [6.07, 6.45) is 4.69. The molecule has 0 aromatic heterocycles. The maximum Gasteiger partial charge on any atom is 0.329 e. The number of hydrogen-bond donors (Lipinski definition) is 1. The molecule has 3 aliphatic rings. The summed E-state index contributed by atoms with van der Waals surface area (Å²) in [5.74, 6) is -0.248. The second-order valence-electron chi connectivity index (χ2n) is 3.13. The fourth-order valence-corrected chi connectivity index (χ4v) is 1.99. The third-order valence-corrected chi connectivity index (χ3v) is 2.48. The minimum atomic E-state index is -0.278. The second-order valence-corrected chi connectivity index (χ2v) is 3.13. The standard InChI is InChI=1S/C8H6N2O2/c11-7-6-4-1-2-5(3-4)10(6)8(12)9-7/h1-2,5H,3H2,(H,9,11,12). The van der Waals surface area contributed by atoms with Gasteiger partial charge in [0.05, 0.1) is 6.04 Å². The van der Waals surface area contributed by atoms with Crippen LogP contribution in [0.2, 0.25) is 0 Å². The van der Waals surface area contributed by atoms with E-state index in [1.54, 1.807) is 0 Å². The number of nitrogens with one attached hydrogen (secondary N) is 1. The van der Waals surface area contributed by atoms with Crippen LogP contribution in [0, 0.1) is 0 Å². The van der Waals surface area contributed by atoms with E-state index < -0.39 is 0 Å². The summed E-state index contributed by atoms with van der Waals surface area (Å²) >= 11 is 0. The first kappa shape index (κ1) is 5.99. The van der Waals surface area contributed by atoms with Crippen molar-refractivity contribution in [2.75, 3.05) is 0 Å². The average molecular weight is 162 g/mol. The Hall–Kier alpha value is -1.58. The van der Waals surface area contributed by atoms with Gasteiger partial charge >= 0.3 is 6.03 Å². The molecular weight excluding hydrogens is 156 g/mol. The SMILES string of the molecule is O=C1NC(=O)N2C1=C1C=CC2C1. The predicted octanol–water partition coefficient (Wildman–Crippen LogP) is 0.134. The molecule has 3 amide bonds. The van der Waals surface area contributed by atoms with E-state index in [2.05, 4.69) is 5.32 Å². The number of rotatable bonds is 0. The van der Waals surface area contributed by atoms with Gasteiger partial charge in [-0.2, -0.15) is 0 Å². The lowest BCUT2D eigenvalue weighted by molar-refractivity contribution is -0.116. The zero-order valence-electron chi connectivity index (χ0n) is 6.20. The highest BCUT2D eigenvalue weighted by molar-refractivity contribution is 6.13. The molecule has 0 aromatic rings. The summed E-state index contributed by atoms with van der Waals surface area (Å²) in [5.41, 5.74) is 1.55. The van der Waals surface area contributed by atoms with Gasteiger partial charge < -0.3 is 0 Å². The molecule has 4 heteroatoms. The third-order valence-electron chi connectivity index (χ3n) is 2.48. The highest BCUT2D eigenvalue weighted by Gasteiger charge is 2.45. The molecule has 0 aromatic carbocycles. The maximum atomic E-state index is 11.2. The molecule has 1 N–H and O–H groups in total. The summed E-state index contributed by atoms with van der Waals surface area (Å²) in [5, 5.41) is 2.27. The van der Waals surface area contributed by atoms with E-state index in [-0.39, 0.29) is 18.0 Å². The first-order valence-electron chi connectivity index (χ1n) is 3.83. The Balaban J connectivity index is 2.23. The number of carbonyl (C=O) groups excluding carboxylic acids is 2. The molecule has 2 bridgehead atoms. The van der Waals surface area contributed by atoms with Crippen LogP contribution >= 0.6 is 0 Å². The van der Waals surface area contributed by atoms with Crippen molar-refractivity contribution >= 4 is 11.9 Å². The van der Waals surface area contributed by atoms with Gasteiger partial charge in [-0.3, -0.25) is 15.0 Å². The molecule has 0 spiro atoms. The van der Waals surface area contributed by atoms with Crippen molar-refractivity contribution in [1.29, 1.82) is 0 Å². The third kappa shape index (κ3) is 0.470. The van der Waals surface area contributed by atoms with Crippen LogP contribution in [-0.4, -0.2) is 22.9 Å². The first-order valence-corrected chi connectivity index (χ1v) is 3.83. The molecule has 0 saturated carbocycles. The Kier molecular flexibility index (Phi) is 0.800. The molecule has 2 aliphatic heterocycles. The van der Waals surface area contributed by atoms with Crippen LogP contribution in [0.15, 0.2) is 23.4 Å². The summed E-state index contributed by atoms with van der Waals surface area (Å²) in [7, 11) is 0. The van der Waals surface area contributed by atoms with E-state index in [1.165, 1.54) is 4.90 Å². The fraction of sp³-hybridized carbons (Fsp3) is 0.250. The zero-order valence-corrected chi connectivity index (χ0v) is 6.20. The number of urea groups is 1. The normalized spacial score (nSPS) is 30.3. The number of hydrogen-bond acceptors (Lipinski definition) is 2. The van der Waals surface area contributed by atoms with Gasteiger partial charge in [0.2, 0.25) is 0 Å². The molecule has 1 saturated heterocycles. The largest absolute Gasteiger partial charge is 0.329 e. The molecule has 60 valence electrons. The van der Waals surface area contributed by atoms with Gasteiger partial charge in [0, 0.05) is 0 Å². The van der Waals surface area contributed by atoms with Crippen LogP contribution in [0.4, 0.5) is 4.79 Å². The van der Waals surface area contributed by atoms with E-state index in [0.29, 0.717) is 5.70 Å². The molecule has 1 atom stereocenters. The minimum Gasteiger partial charge on any atom is -0.281 e. The van der Waals surface area contributed by atoms with Crippen molar-refractivity contribution in [1.82, 2.24) is 10.2 Å². The van der Waals surface area contributed by atoms with Crippen LogP contribution in [0.3, 0.4) is 0 Å². The monoisotopic (exact) mass is 162 g/mol. The summed E-state index contributed by atoms with van der Waals surface area (Å²) in [6, 6.07) is -0.180. The van der Waals surface area contributed by atoms with Gasteiger partial charge in [-0.25, -0.2) is 4.79 Å². The molecule has 1 fully saturated rings. The van der Waals surface area contributed by atoms with Crippen LogP contribution in [-0.2, 0) is 4.79 Å².